The van der Waals surface area contributed by atoms with Crippen LogP contribution in [0.25, 0.3) is 0 Å². The normalized spacial score (nSPS) is 24.2. The number of carbonyl (C=O) groups is 1. The van der Waals surface area contributed by atoms with Crippen molar-refractivity contribution in [3.05, 3.63) is 16.4 Å². The fourth-order valence-electron chi connectivity index (χ4n) is 4.13. The van der Waals surface area contributed by atoms with Crippen molar-refractivity contribution in [1.29, 1.82) is 0 Å². The van der Waals surface area contributed by atoms with Crippen LogP contribution in [0, 0.1) is 0 Å². The zero-order chi connectivity index (χ0) is 18.5. The smallest absolute Gasteiger partial charge is 0.340 e. The summed E-state index contributed by atoms with van der Waals surface area (Å²) < 4.78 is 40.6. The minimum Gasteiger partial charge on any atom is -0.340 e. The van der Waals surface area contributed by atoms with Crippen LogP contribution in [0.15, 0.2) is 0 Å². The number of rotatable bonds is 4. The molecule has 1 aromatic rings. The van der Waals surface area contributed by atoms with Crippen LogP contribution in [0.1, 0.15) is 49.4 Å². The molecule has 2 saturated heterocycles. The molecular formula is C17H22ClF3N4O. The standard InChI is InChI=1S/C17H22ClF3N4O/c18-14-15(11-3-4-11)25(22-16(14)17(19,20)21)7-5-13(26)24-9-8-23-6-1-2-12(23)10-24/h11-12H,1-10H2. The molecule has 0 radical (unpaired) electrons. The molecule has 9 heteroatoms. The van der Waals surface area contributed by atoms with Crippen molar-refractivity contribution in [1.82, 2.24) is 19.6 Å². The summed E-state index contributed by atoms with van der Waals surface area (Å²) in [5.41, 5.74) is -0.597. The first-order valence-corrected chi connectivity index (χ1v) is 9.57. The summed E-state index contributed by atoms with van der Waals surface area (Å²) in [5.74, 6) is 0.0155. The van der Waals surface area contributed by atoms with Crippen molar-refractivity contribution >= 4 is 17.5 Å². The molecule has 0 N–H and O–H groups in total. The molecule has 3 aliphatic rings. The number of piperazine rings is 1. The van der Waals surface area contributed by atoms with Crippen LogP contribution < -0.4 is 0 Å². The van der Waals surface area contributed by atoms with Crippen molar-refractivity contribution in [3.8, 4) is 0 Å². The molecule has 0 bridgehead atoms. The maximum absolute atomic E-state index is 13.1. The summed E-state index contributed by atoms with van der Waals surface area (Å²) in [6.45, 7) is 3.55. The first kappa shape index (κ1) is 18.1. The second-order valence-corrected chi connectivity index (χ2v) is 7.84. The number of aromatic nitrogens is 2. The van der Waals surface area contributed by atoms with Gasteiger partial charge in [-0.05, 0) is 32.2 Å². The Morgan fingerprint density at radius 3 is 2.65 bits per heavy atom. The number of amides is 1. The highest BCUT2D eigenvalue weighted by Gasteiger charge is 2.42. The van der Waals surface area contributed by atoms with Gasteiger partial charge in [0, 0.05) is 38.0 Å². The van der Waals surface area contributed by atoms with E-state index in [0.717, 1.165) is 38.9 Å². The average molecular weight is 391 g/mol. The summed E-state index contributed by atoms with van der Waals surface area (Å²) in [5, 5.41) is 3.39. The Kier molecular flexibility index (Phi) is 4.67. The fourth-order valence-corrected chi connectivity index (χ4v) is 4.53. The maximum Gasteiger partial charge on any atom is 0.436 e. The Morgan fingerprint density at radius 1 is 1.19 bits per heavy atom. The summed E-state index contributed by atoms with van der Waals surface area (Å²) in [4.78, 5) is 16.8. The number of hydrogen-bond acceptors (Lipinski definition) is 3. The topological polar surface area (TPSA) is 41.4 Å². The van der Waals surface area contributed by atoms with Gasteiger partial charge in [-0.1, -0.05) is 11.6 Å². The number of nitrogens with zero attached hydrogens (tertiary/aromatic N) is 4. The van der Waals surface area contributed by atoms with Gasteiger partial charge in [-0.25, -0.2) is 0 Å². The monoisotopic (exact) mass is 390 g/mol. The number of hydrogen-bond donors (Lipinski definition) is 0. The predicted molar refractivity (Wildman–Crippen MR) is 90.0 cm³/mol. The van der Waals surface area contributed by atoms with Gasteiger partial charge in [0.2, 0.25) is 5.91 Å². The summed E-state index contributed by atoms with van der Waals surface area (Å²) in [6.07, 6.45) is -0.500. The summed E-state index contributed by atoms with van der Waals surface area (Å²) >= 11 is 5.97. The zero-order valence-corrected chi connectivity index (χ0v) is 15.2. The van der Waals surface area contributed by atoms with Gasteiger partial charge < -0.3 is 4.90 Å². The van der Waals surface area contributed by atoms with Gasteiger partial charge in [-0.3, -0.25) is 14.4 Å². The zero-order valence-electron chi connectivity index (χ0n) is 14.4. The van der Waals surface area contributed by atoms with Gasteiger partial charge in [0.05, 0.1) is 17.3 Å². The van der Waals surface area contributed by atoms with E-state index in [0.29, 0.717) is 18.3 Å². The van der Waals surface area contributed by atoms with Crippen LogP contribution in [-0.4, -0.2) is 57.7 Å². The van der Waals surface area contributed by atoms with Crippen LogP contribution in [0.2, 0.25) is 5.02 Å². The van der Waals surface area contributed by atoms with Crippen molar-refractivity contribution in [3.63, 3.8) is 0 Å². The van der Waals surface area contributed by atoms with E-state index in [1.807, 2.05) is 4.90 Å². The highest BCUT2D eigenvalue weighted by molar-refractivity contribution is 6.32. The second-order valence-electron chi connectivity index (χ2n) is 7.46. The largest absolute Gasteiger partial charge is 0.436 e. The third kappa shape index (κ3) is 3.45. The molecule has 0 aromatic carbocycles. The van der Waals surface area contributed by atoms with Gasteiger partial charge >= 0.3 is 6.18 Å². The molecule has 1 unspecified atom stereocenters. The molecule has 0 spiro atoms. The molecule has 5 nitrogen and oxygen atoms in total. The SMILES string of the molecule is O=C(CCn1nc(C(F)(F)F)c(Cl)c1C1CC1)N1CCN2CCCC2C1. The van der Waals surface area contributed by atoms with Crippen molar-refractivity contribution in [2.45, 2.75) is 56.8 Å². The lowest BCUT2D eigenvalue weighted by Gasteiger charge is -2.37. The molecule has 4 rings (SSSR count). The van der Waals surface area contributed by atoms with Crippen LogP contribution in [0.4, 0.5) is 13.2 Å². The van der Waals surface area contributed by atoms with Crippen molar-refractivity contribution in [2.75, 3.05) is 26.2 Å². The fraction of sp³-hybridized carbons (Fsp3) is 0.765. The molecule has 2 aliphatic heterocycles. The van der Waals surface area contributed by atoms with E-state index >= 15 is 0 Å². The van der Waals surface area contributed by atoms with E-state index in [1.165, 1.54) is 11.1 Å². The number of alkyl halides is 3. The summed E-state index contributed by atoms with van der Waals surface area (Å²) in [7, 11) is 0. The third-order valence-electron chi connectivity index (χ3n) is 5.64. The lowest BCUT2D eigenvalue weighted by molar-refractivity contribution is -0.141. The first-order chi connectivity index (χ1) is 12.3. The van der Waals surface area contributed by atoms with Gasteiger partial charge in [0.1, 0.15) is 0 Å². The molecule has 3 fully saturated rings. The van der Waals surface area contributed by atoms with Crippen molar-refractivity contribution < 1.29 is 18.0 Å². The molecule has 144 valence electrons. The Balaban J connectivity index is 1.43. The highest BCUT2D eigenvalue weighted by atomic mass is 35.5. The molecular weight excluding hydrogens is 369 g/mol. The third-order valence-corrected chi connectivity index (χ3v) is 6.01. The van der Waals surface area contributed by atoms with E-state index in [1.54, 1.807) is 0 Å². The highest BCUT2D eigenvalue weighted by Crippen LogP contribution is 2.46. The molecule has 1 saturated carbocycles. The van der Waals surface area contributed by atoms with Crippen LogP contribution >= 0.6 is 11.6 Å². The number of halogens is 4. The van der Waals surface area contributed by atoms with Crippen molar-refractivity contribution in [2.24, 2.45) is 0 Å². The molecule has 1 aliphatic carbocycles. The molecule has 3 heterocycles. The average Bonchev–Trinajstić information content (AvgIpc) is 3.19. The van der Waals surface area contributed by atoms with E-state index < -0.39 is 11.9 Å². The molecule has 1 atom stereocenters. The van der Waals surface area contributed by atoms with E-state index in [4.69, 9.17) is 11.6 Å². The van der Waals surface area contributed by atoms with Crippen LogP contribution in [0.5, 0.6) is 0 Å². The lowest BCUT2D eigenvalue weighted by Crippen LogP contribution is -2.52. The minimum atomic E-state index is -4.57. The quantitative estimate of drug-likeness (QED) is 0.793. The number of carbonyl (C=O) groups excluding carboxylic acids is 1. The van der Waals surface area contributed by atoms with Crippen LogP contribution in [-0.2, 0) is 17.5 Å². The lowest BCUT2D eigenvalue weighted by atomic mass is 10.1. The van der Waals surface area contributed by atoms with E-state index in [9.17, 15) is 18.0 Å². The second kappa shape index (κ2) is 6.71. The van der Waals surface area contributed by atoms with Gasteiger partial charge in [-0.15, -0.1) is 0 Å². The Hall–Kier alpha value is -1.28. The molecule has 1 aromatic heterocycles. The Bertz CT molecular complexity index is 701. The number of aryl methyl sites for hydroxylation is 1. The predicted octanol–water partition coefficient (Wildman–Crippen LogP) is 3.13. The van der Waals surface area contributed by atoms with Gasteiger partial charge in [-0.2, -0.15) is 18.3 Å². The number of fused-ring (bicyclic) bond motifs is 1. The van der Waals surface area contributed by atoms with E-state index in [-0.39, 0.29) is 29.8 Å². The minimum absolute atomic E-state index is 0.0153. The van der Waals surface area contributed by atoms with Crippen LogP contribution in [0.3, 0.4) is 0 Å². The van der Waals surface area contributed by atoms with Gasteiger partial charge in [0.25, 0.3) is 0 Å². The molecule has 1 amide bonds. The van der Waals surface area contributed by atoms with E-state index in [2.05, 4.69) is 10.00 Å². The Labute approximate surface area is 155 Å². The Morgan fingerprint density at radius 2 is 1.96 bits per heavy atom. The first-order valence-electron chi connectivity index (χ1n) is 9.20. The maximum atomic E-state index is 13.1. The summed E-state index contributed by atoms with van der Waals surface area (Å²) in [6, 6.07) is 0.436. The molecule has 26 heavy (non-hydrogen) atoms. The van der Waals surface area contributed by atoms with Gasteiger partial charge in [0.15, 0.2) is 5.69 Å².